The second-order valence-corrected chi connectivity index (χ2v) is 16.1. The van der Waals surface area contributed by atoms with E-state index in [-0.39, 0.29) is 0 Å². The fourth-order valence-electron chi connectivity index (χ4n) is 9.95. The van der Waals surface area contributed by atoms with E-state index in [1.165, 1.54) is 48.7 Å². The van der Waals surface area contributed by atoms with Crippen molar-refractivity contribution in [2.75, 3.05) is 0 Å². The van der Waals surface area contributed by atoms with Crippen molar-refractivity contribution in [3.05, 3.63) is 236 Å². The summed E-state index contributed by atoms with van der Waals surface area (Å²) < 4.78 is 7.22. The first-order valence-corrected chi connectivity index (χ1v) is 21.2. The molecule has 0 N–H and O–H groups in total. The summed E-state index contributed by atoms with van der Waals surface area (Å²) in [7, 11) is 0. The summed E-state index contributed by atoms with van der Waals surface area (Å²) in [5.74, 6) is 1.85. The minimum atomic E-state index is 0.920. The van der Waals surface area contributed by atoms with Crippen LogP contribution in [0.2, 0.25) is 0 Å². The van der Waals surface area contributed by atoms with E-state index in [9.17, 15) is 0 Å². The third-order valence-electron chi connectivity index (χ3n) is 12.7. The molecule has 4 heteroatoms. The first-order chi connectivity index (χ1) is 30.8. The molecule has 0 bridgehead atoms. The Hall–Kier alpha value is -8.34. The molecule has 0 unspecified atom stereocenters. The lowest BCUT2D eigenvalue weighted by molar-refractivity contribution is -0.319. The number of aliphatic imine (C=N–C) groups is 1. The highest BCUT2D eigenvalue weighted by molar-refractivity contribution is 6.24. The highest BCUT2D eigenvalue weighted by Gasteiger charge is 2.37. The minimum Gasteiger partial charge on any atom is -0.309 e. The smallest absolute Gasteiger partial charge is 0.282 e. The quantitative estimate of drug-likeness (QED) is 0.150. The van der Waals surface area contributed by atoms with Gasteiger partial charge in [-0.15, -0.1) is 0 Å². The van der Waals surface area contributed by atoms with E-state index in [4.69, 9.17) is 4.99 Å². The van der Waals surface area contributed by atoms with Gasteiger partial charge in [0.25, 0.3) is 11.7 Å². The Morgan fingerprint density at radius 3 is 1.65 bits per heavy atom. The summed E-state index contributed by atoms with van der Waals surface area (Å²) in [4.78, 5) is 5.56. The number of hydrogen-bond donors (Lipinski definition) is 0. The second kappa shape index (κ2) is 13.6. The van der Waals surface area contributed by atoms with Gasteiger partial charge in [0.15, 0.2) is 0 Å². The van der Waals surface area contributed by atoms with Gasteiger partial charge >= 0.3 is 0 Å². The van der Waals surface area contributed by atoms with Crippen LogP contribution in [-0.2, 0) is 0 Å². The summed E-state index contributed by atoms with van der Waals surface area (Å²) in [5, 5.41) is 9.67. The molecule has 0 fully saturated rings. The number of nitrogens with zero attached hydrogens (tertiary/aromatic N) is 4. The molecule has 3 heterocycles. The molecule has 12 aromatic rings. The summed E-state index contributed by atoms with van der Waals surface area (Å²) >= 11 is 0. The van der Waals surface area contributed by atoms with Crippen LogP contribution in [0.5, 0.6) is 0 Å². The monoisotopic (exact) mass is 789 g/mol. The van der Waals surface area contributed by atoms with Crippen LogP contribution in [0.25, 0.3) is 87.7 Å². The van der Waals surface area contributed by atoms with E-state index in [0.29, 0.717) is 0 Å². The van der Waals surface area contributed by atoms with Crippen molar-refractivity contribution in [1.82, 2.24) is 9.13 Å². The van der Waals surface area contributed by atoms with Gasteiger partial charge in [0, 0.05) is 27.2 Å². The maximum Gasteiger partial charge on any atom is 0.282 e. The van der Waals surface area contributed by atoms with Crippen molar-refractivity contribution in [1.29, 1.82) is 0 Å². The first-order valence-electron chi connectivity index (χ1n) is 21.2. The number of rotatable bonds is 6. The van der Waals surface area contributed by atoms with E-state index < -0.39 is 0 Å². The average Bonchev–Trinajstić information content (AvgIpc) is 3.83. The normalized spacial score (nSPS) is 12.9. The molecular weight excluding hydrogens is 753 g/mol. The van der Waals surface area contributed by atoms with E-state index in [2.05, 4.69) is 238 Å². The Kier molecular flexibility index (Phi) is 7.57. The Balaban J connectivity index is 1.05. The zero-order valence-electron chi connectivity index (χ0n) is 33.7. The lowest BCUT2D eigenvalue weighted by atomic mass is 9.96. The highest BCUT2D eigenvalue weighted by Crippen LogP contribution is 2.41. The topological polar surface area (TPSA) is 25.2 Å². The van der Waals surface area contributed by atoms with Gasteiger partial charge < -0.3 is 9.13 Å². The molecule has 0 aliphatic carbocycles. The molecule has 62 heavy (non-hydrogen) atoms. The lowest BCUT2D eigenvalue weighted by Gasteiger charge is -2.24. The Bertz CT molecular complexity index is 3800. The molecule has 0 amide bonds. The SMILES string of the molecule is c1ccc(-c2ccccc2C2=[N+](c3ccccc3)C(c3c(-n4c5ccccc5c5cc6cc(-n7c8ccccc8c8ccccc87)ccc6cc54)ccc4ccccc34)=N2)cc1. The molecule has 0 radical (unpaired) electrons. The van der Waals surface area contributed by atoms with Crippen LogP contribution in [0, 0.1) is 0 Å². The van der Waals surface area contributed by atoms with E-state index in [1.54, 1.807) is 0 Å². The van der Waals surface area contributed by atoms with Crippen LogP contribution >= 0.6 is 0 Å². The Labute approximate surface area is 357 Å². The molecule has 4 nitrogen and oxygen atoms in total. The number of para-hydroxylation sites is 4. The van der Waals surface area contributed by atoms with Gasteiger partial charge in [-0.2, -0.15) is 4.58 Å². The van der Waals surface area contributed by atoms with Gasteiger partial charge in [0.2, 0.25) is 0 Å². The van der Waals surface area contributed by atoms with Gasteiger partial charge in [-0.25, -0.2) is 0 Å². The van der Waals surface area contributed by atoms with E-state index in [0.717, 1.165) is 67.4 Å². The molecule has 1 aliphatic heterocycles. The fourth-order valence-corrected chi connectivity index (χ4v) is 9.95. The standard InChI is InChI=1S/C58H37N4/c1-3-17-38(18-4-1)44-22-9-10-27-49(44)57-59-58(61(57)42-20-5-2-6-21-42)56-45-23-8-7-19-39(45)32-34-54(56)62-53-30-16-13-26-48(53)50-36-41-35-43(33-31-40(41)37-55(50)62)60-51-28-14-11-24-46(51)47-25-12-15-29-52(47)60/h1-37H/q+1. The van der Waals surface area contributed by atoms with Crippen LogP contribution < -0.4 is 0 Å². The molecule has 13 rings (SSSR count). The molecule has 288 valence electrons. The van der Waals surface area contributed by atoms with Crippen molar-refractivity contribution < 1.29 is 4.58 Å². The largest absolute Gasteiger partial charge is 0.309 e. The number of fused-ring (bicyclic) bond motifs is 8. The molecule has 0 saturated carbocycles. The Morgan fingerprint density at radius 2 is 0.919 bits per heavy atom. The molecule has 10 aromatic carbocycles. The molecule has 1 aliphatic rings. The average molecular weight is 790 g/mol. The molecular formula is C58H37N4+. The predicted octanol–water partition coefficient (Wildman–Crippen LogP) is 14.4. The zero-order chi connectivity index (χ0) is 40.7. The lowest BCUT2D eigenvalue weighted by Crippen LogP contribution is -2.35. The van der Waals surface area contributed by atoms with E-state index >= 15 is 0 Å². The number of benzene rings is 10. The maximum atomic E-state index is 5.56. The molecule has 0 spiro atoms. The summed E-state index contributed by atoms with van der Waals surface area (Å²) in [6.45, 7) is 0. The summed E-state index contributed by atoms with van der Waals surface area (Å²) in [5.41, 5.74) is 12.6. The third-order valence-corrected chi connectivity index (χ3v) is 12.7. The van der Waals surface area contributed by atoms with E-state index in [1.807, 2.05) is 0 Å². The first kappa shape index (κ1) is 34.5. The number of amidine groups is 2. The molecule has 2 aromatic heterocycles. The van der Waals surface area contributed by atoms with Crippen molar-refractivity contribution in [3.63, 3.8) is 0 Å². The summed E-state index contributed by atoms with van der Waals surface area (Å²) in [6.07, 6.45) is 0. The van der Waals surface area contributed by atoms with Gasteiger partial charge in [0.05, 0.1) is 38.9 Å². The fraction of sp³-hybridized carbons (Fsp3) is 0. The summed E-state index contributed by atoms with van der Waals surface area (Å²) in [6, 6.07) is 81.1. The molecule has 0 saturated heterocycles. The predicted molar refractivity (Wildman–Crippen MR) is 259 cm³/mol. The zero-order valence-corrected chi connectivity index (χ0v) is 33.7. The van der Waals surface area contributed by atoms with Crippen LogP contribution in [0.3, 0.4) is 0 Å². The van der Waals surface area contributed by atoms with Crippen molar-refractivity contribution in [2.45, 2.75) is 0 Å². The van der Waals surface area contributed by atoms with Crippen LogP contribution in [0.4, 0.5) is 5.69 Å². The molecule has 0 atom stereocenters. The minimum absolute atomic E-state index is 0.920. The van der Waals surface area contributed by atoms with Crippen molar-refractivity contribution >= 4 is 82.5 Å². The van der Waals surface area contributed by atoms with Crippen LogP contribution in [-0.4, -0.2) is 25.4 Å². The third kappa shape index (κ3) is 5.14. The Morgan fingerprint density at radius 1 is 0.355 bits per heavy atom. The second-order valence-electron chi connectivity index (χ2n) is 16.1. The van der Waals surface area contributed by atoms with Gasteiger partial charge in [-0.3, -0.25) is 0 Å². The van der Waals surface area contributed by atoms with Crippen LogP contribution in [0.1, 0.15) is 11.1 Å². The number of hydrogen-bond acceptors (Lipinski definition) is 1. The number of aromatic nitrogens is 2. The highest BCUT2D eigenvalue weighted by atomic mass is 15.2. The van der Waals surface area contributed by atoms with Gasteiger partial charge in [0.1, 0.15) is 5.69 Å². The van der Waals surface area contributed by atoms with Crippen molar-refractivity contribution in [2.24, 2.45) is 4.99 Å². The van der Waals surface area contributed by atoms with Gasteiger partial charge in [-0.1, -0.05) is 163 Å². The van der Waals surface area contributed by atoms with Crippen molar-refractivity contribution in [3.8, 4) is 22.5 Å². The maximum absolute atomic E-state index is 5.56. The van der Waals surface area contributed by atoms with Gasteiger partial charge in [-0.05, 0) is 99.4 Å². The van der Waals surface area contributed by atoms with Crippen LogP contribution in [0.15, 0.2) is 229 Å².